The van der Waals surface area contributed by atoms with Crippen molar-refractivity contribution in [3.05, 3.63) is 81.1 Å². The van der Waals surface area contributed by atoms with Gasteiger partial charge in [0.1, 0.15) is 11.5 Å². The van der Waals surface area contributed by atoms with Gasteiger partial charge in [0, 0.05) is 28.7 Å². The van der Waals surface area contributed by atoms with Crippen molar-refractivity contribution in [1.29, 1.82) is 0 Å². The molecule has 0 radical (unpaired) electrons. The van der Waals surface area contributed by atoms with Crippen LogP contribution >= 0.6 is 11.6 Å². The smallest absolute Gasteiger partial charge is 0.281 e. The molecule has 4 rings (SSSR count). The third-order valence-electron chi connectivity index (χ3n) is 5.29. The number of nitrogens with zero attached hydrogens (tertiary/aromatic N) is 1. The van der Waals surface area contributed by atoms with Gasteiger partial charge in [0.2, 0.25) is 5.91 Å². The van der Waals surface area contributed by atoms with E-state index in [2.05, 4.69) is 10.6 Å². The van der Waals surface area contributed by atoms with E-state index in [0.29, 0.717) is 28.7 Å². The van der Waals surface area contributed by atoms with Gasteiger partial charge in [-0.15, -0.1) is 0 Å². The van der Waals surface area contributed by atoms with Crippen LogP contribution in [0.2, 0.25) is 5.02 Å². The van der Waals surface area contributed by atoms with Gasteiger partial charge in [-0.25, -0.2) is 0 Å². The van der Waals surface area contributed by atoms with Crippen LogP contribution in [0.1, 0.15) is 37.1 Å². The van der Waals surface area contributed by atoms with Crippen LogP contribution in [0, 0.1) is 16.0 Å². The van der Waals surface area contributed by atoms with Crippen molar-refractivity contribution >= 4 is 28.9 Å². The number of hydrogen-bond donors (Lipinski definition) is 2. The molecule has 8 heteroatoms. The predicted octanol–water partition coefficient (Wildman–Crippen LogP) is 5.71. The third kappa shape index (κ3) is 5.13. The highest BCUT2D eigenvalue weighted by Gasteiger charge is 2.29. The molecule has 0 unspecified atom stereocenters. The summed E-state index contributed by atoms with van der Waals surface area (Å²) in [5.74, 6) is 1.35. The van der Waals surface area contributed by atoms with E-state index in [0.717, 1.165) is 24.1 Å². The second kappa shape index (κ2) is 8.91. The van der Waals surface area contributed by atoms with Gasteiger partial charge in [0.25, 0.3) is 5.69 Å². The molecule has 1 saturated carbocycles. The van der Waals surface area contributed by atoms with Crippen molar-refractivity contribution in [1.82, 2.24) is 5.32 Å². The number of nitro groups is 1. The normalized spacial score (nSPS) is 14.3. The standard InChI is InChI=1S/C23H22ClN3O4/c1-14(15-4-7-18(8-5-15)26-23(28)16-2-3-16)25-13-19-9-11-22(31-19)20-10-6-17(24)12-21(20)27(29)30/h4-12,14,16,25H,2-3,13H2,1H3,(H,26,28)/t14-/m1/s1. The molecule has 1 fully saturated rings. The topological polar surface area (TPSA) is 97.4 Å². The number of rotatable bonds is 8. The first-order chi connectivity index (χ1) is 14.9. The number of hydrogen-bond acceptors (Lipinski definition) is 5. The van der Waals surface area contributed by atoms with Crippen LogP contribution in [0.5, 0.6) is 0 Å². The molecule has 3 aromatic rings. The van der Waals surface area contributed by atoms with Crippen molar-refractivity contribution in [2.75, 3.05) is 5.32 Å². The van der Waals surface area contributed by atoms with E-state index in [4.69, 9.17) is 16.0 Å². The Morgan fingerprint density at radius 3 is 2.61 bits per heavy atom. The van der Waals surface area contributed by atoms with Gasteiger partial charge in [-0.1, -0.05) is 23.7 Å². The molecule has 31 heavy (non-hydrogen) atoms. The number of anilines is 1. The van der Waals surface area contributed by atoms with Crippen LogP contribution in [0.15, 0.2) is 59.0 Å². The highest BCUT2D eigenvalue weighted by molar-refractivity contribution is 6.30. The number of carbonyl (C=O) groups excluding carboxylic acids is 1. The molecule has 1 aliphatic carbocycles. The molecule has 7 nitrogen and oxygen atoms in total. The highest BCUT2D eigenvalue weighted by Crippen LogP contribution is 2.33. The lowest BCUT2D eigenvalue weighted by Gasteiger charge is -2.14. The van der Waals surface area contributed by atoms with Crippen LogP contribution in [0.4, 0.5) is 11.4 Å². The fraction of sp³-hybridized carbons (Fsp3) is 0.261. The van der Waals surface area contributed by atoms with Crippen molar-refractivity contribution in [3.63, 3.8) is 0 Å². The largest absolute Gasteiger partial charge is 0.459 e. The Balaban J connectivity index is 1.37. The van der Waals surface area contributed by atoms with E-state index >= 15 is 0 Å². The first-order valence-corrected chi connectivity index (χ1v) is 10.5. The number of halogens is 1. The lowest BCUT2D eigenvalue weighted by atomic mass is 10.1. The minimum atomic E-state index is -0.472. The molecule has 0 saturated heterocycles. The van der Waals surface area contributed by atoms with Gasteiger partial charge >= 0.3 is 0 Å². The van der Waals surface area contributed by atoms with Crippen LogP contribution in [0.3, 0.4) is 0 Å². The van der Waals surface area contributed by atoms with Gasteiger partial charge in [0.15, 0.2) is 0 Å². The predicted molar refractivity (Wildman–Crippen MR) is 119 cm³/mol. The highest BCUT2D eigenvalue weighted by atomic mass is 35.5. The first-order valence-electron chi connectivity index (χ1n) is 10.1. The summed E-state index contributed by atoms with van der Waals surface area (Å²) in [5.41, 5.74) is 2.17. The van der Waals surface area contributed by atoms with Crippen LogP contribution < -0.4 is 10.6 Å². The Kier molecular flexibility index (Phi) is 6.06. The average molecular weight is 440 g/mol. The van der Waals surface area contributed by atoms with Crippen molar-refractivity contribution in [3.8, 4) is 11.3 Å². The van der Waals surface area contributed by atoms with E-state index in [1.807, 2.05) is 31.2 Å². The molecule has 1 aliphatic rings. The molecular weight excluding hydrogens is 418 g/mol. The summed E-state index contributed by atoms with van der Waals surface area (Å²) in [6.45, 7) is 2.49. The molecule has 1 heterocycles. The summed E-state index contributed by atoms with van der Waals surface area (Å²) in [6, 6.07) is 15.8. The molecule has 2 N–H and O–H groups in total. The summed E-state index contributed by atoms with van der Waals surface area (Å²) in [7, 11) is 0. The molecule has 0 spiro atoms. The molecule has 1 amide bonds. The SMILES string of the molecule is C[C@@H](NCc1ccc(-c2ccc(Cl)cc2[N+](=O)[O-])o1)c1ccc(NC(=O)C2CC2)cc1. The molecule has 2 aromatic carbocycles. The Morgan fingerprint density at radius 2 is 1.94 bits per heavy atom. The number of benzene rings is 2. The van der Waals surface area contributed by atoms with Crippen molar-refractivity contribution in [2.45, 2.75) is 32.4 Å². The van der Waals surface area contributed by atoms with Gasteiger partial charge < -0.3 is 15.1 Å². The Hall–Kier alpha value is -3.16. The lowest BCUT2D eigenvalue weighted by Crippen LogP contribution is -2.18. The maximum absolute atomic E-state index is 11.9. The number of carbonyl (C=O) groups is 1. The molecule has 160 valence electrons. The maximum atomic E-state index is 11.9. The van der Waals surface area contributed by atoms with E-state index < -0.39 is 4.92 Å². The second-order valence-corrected chi connectivity index (χ2v) is 8.11. The Morgan fingerprint density at radius 1 is 1.19 bits per heavy atom. The number of nitrogens with one attached hydrogen (secondary N) is 2. The number of furan rings is 1. The van der Waals surface area contributed by atoms with Gasteiger partial charge in [-0.05, 0) is 61.7 Å². The van der Waals surface area contributed by atoms with Crippen LogP contribution in [0.25, 0.3) is 11.3 Å². The zero-order valence-corrected chi connectivity index (χ0v) is 17.7. The summed E-state index contributed by atoms with van der Waals surface area (Å²) in [5, 5.41) is 17.9. The third-order valence-corrected chi connectivity index (χ3v) is 5.53. The number of nitro benzene ring substituents is 1. The van der Waals surface area contributed by atoms with Crippen molar-refractivity contribution in [2.24, 2.45) is 5.92 Å². The first kappa shape index (κ1) is 21.1. The minimum absolute atomic E-state index is 0.0478. The summed E-state index contributed by atoms with van der Waals surface area (Å²) in [6.07, 6.45) is 1.95. The Bertz CT molecular complexity index is 1110. The fourth-order valence-electron chi connectivity index (χ4n) is 3.30. The number of amides is 1. The maximum Gasteiger partial charge on any atom is 0.281 e. The van der Waals surface area contributed by atoms with E-state index in [1.54, 1.807) is 24.3 Å². The van der Waals surface area contributed by atoms with Crippen LogP contribution in [-0.2, 0) is 11.3 Å². The second-order valence-electron chi connectivity index (χ2n) is 7.67. The quantitative estimate of drug-likeness (QED) is 0.346. The minimum Gasteiger partial charge on any atom is -0.459 e. The Labute approximate surface area is 184 Å². The fourth-order valence-corrected chi connectivity index (χ4v) is 3.46. The molecule has 1 aromatic heterocycles. The monoisotopic (exact) mass is 439 g/mol. The van der Waals surface area contributed by atoms with Gasteiger partial charge in [0.05, 0.1) is 17.0 Å². The molecule has 0 aliphatic heterocycles. The molecule has 0 bridgehead atoms. The zero-order valence-electron chi connectivity index (χ0n) is 16.9. The average Bonchev–Trinajstić information content (AvgIpc) is 3.51. The van der Waals surface area contributed by atoms with Gasteiger partial charge in [-0.2, -0.15) is 0 Å². The summed E-state index contributed by atoms with van der Waals surface area (Å²) in [4.78, 5) is 22.7. The van der Waals surface area contributed by atoms with E-state index in [9.17, 15) is 14.9 Å². The molecular formula is C23H22ClN3O4. The van der Waals surface area contributed by atoms with Crippen LogP contribution in [-0.4, -0.2) is 10.8 Å². The van der Waals surface area contributed by atoms with Gasteiger partial charge in [-0.3, -0.25) is 14.9 Å². The zero-order chi connectivity index (χ0) is 22.0. The molecule has 1 atom stereocenters. The summed E-state index contributed by atoms with van der Waals surface area (Å²) < 4.78 is 5.82. The van der Waals surface area contributed by atoms with Crippen molar-refractivity contribution < 1.29 is 14.1 Å². The lowest BCUT2D eigenvalue weighted by molar-refractivity contribution is -0.384. The van der Waals surface area contributed by atoms with E-state index in [1.165, 1.54) is 6.07 Å². The van der Waals surface area contributed by atoms with E-state index in [-0.39, 0.29) is 23.6 Å². The summed E-state index contributed by atoms with van der Waals surface area (Å²) >= 11 is 5.88.